The molecule has 2 atom stereocenters. The predicted octanol–water partition coefficient (Wildman–Crippen LogP) is 2.55. The van der Waals surface area contributed by atoms with Gasteiger partial charge in [-0.25, -0.2) is 24.7 Å². The molecule has 3 aromatic rings. The molecule has 1 aromatic heterocycles. The number of benzene rings is 2. The zero-order valence-electron chi connectivity index (χ0n) is 18.5. The molecule has 4 N–H and O–H groups in total. The fourth-order valence-electron chi connectivity index (χ4n) is 3.23. The number of hydrazine groups is 1. The van der Waals surface area contributed by atoms with Crippen molar-refractivity contribution >= 4 is 45.0 Å². The normalized spacial score (nSPS) is 13.0. The lowest BCUT2D eigenvalue weighted by atomic mass is 10.1. The molecule has 0 bridgehead atoms. The van der Waals surface area contributed by atoms with Crippen LogP contribution in [0.15, 0.2) is 36.4 Å². The van der Waals surface area contributed by atoms with Crippen LogP contribution in [0.3, 0.4) is 0 Å². The molecule has 0 aliphatic carbocycles. The van der Waals surface area contributed by atoms with Crippen LogP contribution in [0.5, 0.6) is 0 Å². The monoisotopic (exact) mass is 528 g/mol. The van der Waals surface area contributed by atoms with Crippen molar-refractivity contribution in [2.75, 3.05) is 13.2 Å². The van der Waals surface area contributed by atoms with Crippen molar-refractivity contribution in [3.8, 4) is 0 Å². The number of aliphatic hydroxyl groups excluding tert-OH is 2. The average Bonchev–Trinajstić information content (AvgIpc) is 3.24. The molecule has 188 valence electrons. The maximum atomic E-state index is 13.7. The average molecular weight is 529 g/mol. The summed E-state index contributed by atoms with van der Waals surface area (Å²) in [5.41, 5.74) is 5.88. The summed E-state index contributed by atoms with van der Waals surface area (Å²) in [4.78, 5) is 34.1. The molecule has 2 amide bonds. The fourth-order valence-corrected chi connectivity index (χ4v) is 4.30. The van der Waals surface area contributed by atoms with E-state index >= 15 is 0 Å². The molecule has 0 spiro atoms. The SMILES string of the molecule is CC(=O)N(NCc1cccc(F)c1Cl)[C@H](CONC(=O)c1nc2ccc(F)cc2s1)C[C@@H](O)CO. The van der Waals surface area contributed by atoms with Crippen molar-refractivity contribution in [2.24, 2.45) is 0 Å². The summed E-state index contributed by atoms with van der Waals surface area (Å²) in [6.07, 6.45) is -1.28. The molecule has 0 aliphatic rings. The first kappa shape index (κ1) is 26.9. The summed E-state index contributed by atoms with van der Waals surface area (Å²) in [7, 11) is 0. The zero-order valence-corrected chi connectivity index (χ0v) is 20.1. The van der Waals surface area contributed by atoms with E-state index in [-0.39, 0.29) is 29.6 Å². The van der Waals surface area contributed by atoms with Gasteiger partial charge in [0, 0.05) is 13.5 Å². The number of hydrogen-bond donors (Lipinski definition) is 4. The number of aromatic nitrogens is 1. The van der Waals surface area contributed by atoms with E-state index in [0.29, 0.717) is 15.8 Å². The Morgan fingerprint density at radius 3 is 2.77 bits per heavy atom. The van der Waals surface area contributed by atoms with Crippen molar-refractivity contribution in [1.82, 2.24) is 20.9 Å². The summed E-state index contributed by atoms with van der Waals surface area (Å²) < 4.78 is 27.6. The second-order valence-corrected chi connectivity index (χ2v) is 8.94. The van der Waals surface area contributed by atoms with Crippen LogP contribution in [0, 0.1) is 11.6 Å². The summed E-state index contributed by atoms with van der Waals surface area (Å²) in [5.74, 6) is -2.21. The maximum absolute atomic E-state index is 13.7. The first-order valence-corrected chi connectivity index (χ1v) is 11.6. The largest absolute Gasteiger partial charge is 0.394 e. The van der Waals surface area contributed by atoms with Crippen LogP contribution in [0.4, 0.5) is 8.78 Å². The van der Waals surface area contributed by atoms with Crippen LogP contribution < -0.4 is 10.9 Å². The van der Waals surface area contributed by atoms with Gasteiger partial charge in [0.05, 0.1) is 40.6 Å². The minimum Gasteiger partial charge on any atom is -0.394 e. The standard InChI is InChI=1S/C22H23ClF2N4O5S/c1-12(31)29(26-9-13-3-2-4-17(25)20(13)23)15(8-16(32)10-30)11-34-28-21(33)22-27-18-6-5-14(24)7-19(18)35-22/h2-7,15-16,26,30,32H,8-11H2,1H3,(H,28,33)/t15-,16+/m0/s1. The van der Waals surface area contributed by atoms with Gasteiger partial charge in [-0.3, -0.25) is 19.4 Å². The van der Waals surface area contributed by atoms with E-state index < -0.39 is 42.2 Å². The van der Waals surface area contributed by atoms with Crippen molar-refractivity contribution in [2.45, 2.75) is 32.0 Å². The molecule has 35 heavy (non-hydrogen) atoms. The Balaban J connectivity index is 1.66. The number of rotatable bonds is 11. The summed E-state index contributed by atoms with van der Waals surface area (Å²) in [6.45, 7) is 0.409. The van der Waals surface area contributed by atoms with Gasteiger partial charge in [-0.1, -0.05) is 23.7 Å². The molecule has 2 aromatic carbocycles. The predicted molar refractivity (Wildman–Crippen MR) is 125 cm³/mol. The number of thiazole rings is 1. The lowest BCUT2D eigenvalue weighted by Gasteiger charge is -2.32. The number of amides is 2. The molecule has 3 rings (SSSR count). The highest BCUT2D eigenvalue weighted by atomic mass is 35.5. The Labute approximate surface area is 208 Å². The number of fused-ring (bicyclic) bond motifs is 1. The van der Waals surface area contributed by atoms with Gasteiger partial charge in [-0.05, 0) is 36.2 Å². The van der Waals surface area contributed by atoms with Crippen LogP contribution in [0.1, 0.15) is 28.7 Å². The second-order valence-electron chi connectivity index (χ2n) is 7.54. The van der Waals surface area contributed by atoms with Crippen molar-refractivity contribution in [3.63, 3.8) is 0 Å². The van der Waals surface area contributed by atoms with Gasteiger partial charge in [0.2, 0.25) is 5.91 Å². The highest BCUT2D eigenvalue weighted by Gasteiger charge is 2.25. The van der Waals surface area contributed by atoms with E-state index in [1.807, 2.05) is 0 Å². The molecule has 0 unspecified atom stereocenters. The van der Waals surface area contributed by atoms with Crippen molar-refractivity contribution in [1.29, 1.82) is 0 Å². The molecule has 13 heteroatoms. The number of halogens is 3. The molecule has 1 heterocycles. The van der Waals surface area contributed by atoms with Crippen LogP contribution in [-0.2, 0) is 16.2 Å². The molecule has 0 aliphatic heterocycles. The third kappa shape index (κ3) is 7.13. The van der Waals surface area contributed by atoms with E-state index in [1.54, 1.807) is 6.07 Å². The van der Waals surface area contributed by atoms with Gasteiger partial charge in [0.15, 0.2) is 5.01 Å². The Morgan fingerprint density at radius 2 is 2.06 bits per heavy atom. The lowest BCUT2D eigenvalue weighted by molar-refractivity contribution is -0.139. The van der Waals surface area contributed by atoms with Gasteiger partial charge < -0.3 is 10.2 Å². The highest BCUT2D eigenvalue weighted by Crippen LogP contribution is 2.23. The topological polar surface area (TPSA) is 124 Å². The first-order valence-electron chi connectivity index (χ1n) is 10.4. The molecule has 0 saturated carbocycles. The van der Waals surface area contributed by atoms with Gasteiger partial charge in [0.1, 0.15) is 11.6 Å². The van der Waals surface area contributed by atoms with E-state index in [4.69, 9.17) is 16.4 Å². The van der Waals surface area contributed by atoms with Crippen LogP contribution >= 0.6 is 22.9 Å². The third-order valence-corrected chi connectivity index (χ3v) is 6.36. The molecule has 0 saturated heterocycles. The summed E-state index contributed by atoms with van der Waals surface area (Å²) >= 11 is 6.94. The number of hydrogen-bond acceptors (Lipinski definition) is 8. The number of aliphatic hydroxyl groups is 2. The fraction of sp³-hybridized carbons (Fsp3) is 0.318. The maximum Gasteiger partial charge on any atom is 0.303 e. The molecular weight excluding hydrogens is 506 g/mol. The number of nitrogens with zero attached hydrogens (tertiary/aromatic N) is 2. The van der Waals surface area contributed by atoms with Gasteiger partial charge in [-0.2, -0.15) is 0 Å². The van der Waals surface area contributed by atoms with E-state index in [1.165, 1.54) is 37.3 Å². The minimum atomic E-state index is -1.18. The molecular formula is C22H23ClF2N4O5S. The third-order valence-electron chi connectivity index (χ3n) is 4.92. The second kappa shape index (κ2) is 12.3. The van der Waals surface area contributed by atoms with Crippen molar-refractivity contribution < 1.29 is 33.4 Å². The number of nitrogens with one attached hydrogen (secondary N) is 2. The Kier molecular flexibility index (Phi) is 9.43. The Hall–Kier alpha value is -2.74. The summed E-state index contributed by atoms with van der Waals surface area (Å²) in [6, 6.07) is 7.36. The van der Waals surface area contributed by atoms with Gasteiger partial charge in [-0.15, -0.1) is 11.3 Å². The quantitative estimate of drug-likeness (QED) is 0.282. The van der Waals surface area contributed by atoms with Crippen LogP contribution in [0.25, 0.3) is 10.2 Å². The number of hydroxylamine groups is 1. The minimum absolute atomic E-state index is 0.0173. The number of carbonyl (C=O) groups excluding carboxylic acids is 2. The lowest BCUT2D eigenvalue weighted by Crippen LogP contribution is -2.52. The molecule has 0 radical (unpaired) electrons. The molecule has 0 fully saturated rings. The van der Waals surface area contributed by atoms with Crippen LogP contribution in [0.2, 0.25) is 5.02 Å². The van der Waals surface area contributed by atoms with E-state index in [9.17, 15) is 28.6 Å². The van der Waals surface area contributed by atoms with E-state index in [2.05, 4.69) is 15.9 Å². The van der Waals surface area contributed by atoms with Crippen molar-refractivity contribution in [3.05, 3.63) is 63.6 Å². The Morgan fingerprint density at radius 1 is 1.29 bits per heavy atom. The van der Waals surface area contributed by atoms with E-state index in [0.717, 1.165) is 16.3 Å². The number of carbonyl (C=O) groups is 2. The van der Waals surface area contributed by atoms with Crippen LogP contribution in [-0.4, -0.2) is 57.4 Å². The van der Waals surface area contributed by atoms with Gasteiger partial charge in [0.25, 0.3) is 0 Å². The highest BCUT2D eigenvalue weighted by molar-refractivity contribution is 7.20. The zero-order chi connectivity index (χ0) is 25.5. The summed E-state index contributed by atoms with van der Waals surface area (Å²) in [5, 5.41) is 20.3. The Bertz CT molecular complexity index is 1200. The smallest absolute Gasteiger partial charge is 0.303 e. The van der Waals surface area contributed by atoms with Gasteiger partial charge >= 0.3 is 5.91 Å². The molecule has 9 nitrogen and oxygen atoms in total. The first-order chi connectivity index (χ1) is 16.7.